The van der Waals surface area contributed by atoms with Crippen LogP contribution in [-0.2, 0) is 9.59 Å². The van der Waals surface area contributed by atoms with Crippen LogP contribution in [0.3, 0.4) is 0 Å². The van der Waals surface area contributed by atoms with E-state index in [4.69, 9.17) is 0 Å². The van der Waals surface area contributed by atoms with Crippen LogP contribution >= 0.6 is 27.7 Å². The van der Waals surface area contributed by atoms with Gasteiger partial charge < -0.3 is 10.6 Å². The molecule has 0 fully saturated rings. The molecule has 0 aliphatic carbocycles. The Balaban J connectivity index is 2.27. The van der Waals surface area contributed by atoms with Crippen molar-refractivity contribution in [2.24, 2.45) is 0 Å². The minimum Gasteiger partial charge on any atom is -0.351 e. The zero-order valence-corrected chi connectivity index (χ0v) is 14.2. The summed E-state index contributed by atoms with van der Waals surface area (Å²) < 4.78 is 0.962. The van der Waals surface area contributed by atoms with Gasteiger partial charge in [-0.2, -0.15) is 0 Å². The largest absolute Gasteiger partial charge is 0.351 e. The molecule has 0 aromatic heterocycles. The summed E-state index contributed by atoms with van der Waals surface area (Å²) >= 11 is 4.63. The van der Waals surface area contributed by atoms with E-state index in [0.29, 0.717) is 0 Å². The van der Waals surface area contributed by atoms with Gasteiger partial charge in [-0.05, 0) is 45.0 Å². The van der Waals surface area contributed by atoms with E-state index in [1.54, 1.807) is 0 Å². The van der Waals surface area contributed by atoms with Gasteiger partial charge in [-0.25, -0.2) is 0 Å². The lowest BCUT2D eigenvalue weighted by atomic mass is 10.1. The summed E-state index contributed by atoms with van der Waals surface area (Å²) in [6, 6.07) is 7.36. The van der Waals surface area contributed by atoms with Crippen molar-refractivity contribution in [3.63, 3.8) is 0 Å². The van der Waals surface area contributed by atoms with E-state index in [1.165, 1.54) is 11.8 Å². The van der Waals surface area contributed by atoms with Crippen molar-refractivity contribution < 1.29 is 9.59 Å². The fraction of sp³-hybridized carbons (Fsp3) is 0.429. The molecule has 0 atom stereocenters. The number of hydrogen-bond donors (Lipinski definition) is 2. The molecule has 1 aromatic carbocycles. The van der Waals surface area contributed by atoms with Crippen molar-refractivity contribution in [3.8, 4) is 0 Å². The molecule has 0 aliphatic heterocycles. The van der Waals surface area contributed by atoms with E-state index in [2.05, 4.69) is 26.6 Å². The summed E-state index contributed by atoms with van der Waals surface area (Å²) in [5.74, 6) is 0.374. The summed E-state index contributed by atoms with van der Waals surface area (Å²) in [5.41, 5.74) is 0.509. The monoisotopic (exact) mass is 358 g/mol. The Kier molecular flexibility index (Phi) is 6.55. The molecule has 2 amide bonds. The van der Waals surface area contributed by atoms with Gasteiger partial charge in [0.1, 0.15) is 0 Å². The van der Waals surface area contributed by atoms with Crippen molar-refractivity contribution >= 4 is 45.2 Å². The van der Waals surface area contributed by atoms with Gasteiger partial charge in [-0.1, -0.05) is 15.9 Å². The topological polar surface area (TPSA) is 58.2 Å². The molecule has 6 heteroatoms. The minimum atomic E-state index is -0.239. The van der Waals surface area contributed by atoms with E-state index >= 15 is 0 Å². The summed E-state index contributed by atoms with van der Waals surface area (Å²) in [6.07, 6.45) is 0. The average molecular weight is 359 g/mol. The van der Waals surface area contributed by atoms with Gasteiger partial charge >= 0.3 is 0 Å². The summed E-state index contributed by atoms with van der Waals surface area (Å²) in [5, 5.41) is 5.63. The van der Waals surface area contributed by atoms with Crippen LogP contribution in [-0.4, -0.2) is 28.9 Å². The number of anilines is 1. The number of thioether (sulfide) groups is 1. The van der Waals surface area contributed by atoms with Gasteiger partial charge in [0.25, 0.3) is 0 Å². The molecule has 0 heterocycles. The molecule has 1 aromatic rings. The highest BCUT2D eigenvalue weighted by Gasteiger charge is 2.13. The number of rotatable bonds is 5. The second kappa shape index (κ2) is 7.69. The second-order valence-corrected chi connectivity index (χ2v) is 7.25. The van der Waals surface area contributed by atoms with Gasteiger partial charge in [0.2, 0.25) is 11.8 Å². The standard InChI is InChI=1S/C14H19BrN2O2S/c1-14(2,3)17-13(19)9-20-8-12(18)16-11-6-4-10(15)5-7-11/h4-7H,8-9H2,1-3H3,(H,16,18)(H,17,19). The molecule has 0 spiro atoms. The van der Waals surface area contributed by atoms with Gasteiger partial charge in [0, 0.05) is 15.7 Å². The Hall–Kier alpha value is -1.01. The van der Waals surface area contributed by atoms with Crippen LogP contribution in [0, 0.1) is 0 Å². The summed E-state index contributed by atoms with van der Waals surface area (Å²) in [6.45, 7) is 5.78. The van der Waals surface area contributed by atoms with Crippen molar-refractivity contribution in [1.82, 2.24) is 5.32 Å². The number of halogens is 1. The lowest BCUT2D eigenvalue weighted by Crippen LogP contribution is -2.41. The Morgan fingerprint density at radius 1 is 1.10 bits per heavy atom. The van der Waals surface area contributed by atoms with Crippen molar-refractivity contribution in [1.29, 1.82) is 0 Å². The van der Waals surface area contributed by atoms with E-state index in [-0.39, 0.29) is 28.9 Å². The molecule has 0 unspecified atom stereocenters. The first-order valence-electron chi connectivity index (χ1n) is 6.20. The van der Waals surface area contributed by atoms with Crippen molar-refractivity contribution in [2.75, 3.05) is 16.8 Å². The van der Waals surface area contributed by atoms with Crippen LogP contribution in [0.1, 0.15) is 20.8 Å². The molecular weight excluding hydrogens is 340 g/mol. The predicted molar refractivity (Wildman–Crippen MR) is 88.0 cm³/mol. The quantitative estimate of drug-likeness (QED) is 0.850. The first-order chi connectivity index (χ1) is 9.26. The van der Waals surface area contributed by atoms with Crippen molar-refractivity contribution in [3.05, 3.63) is 28.7 Å². The van der Waals surface area contributed by atoms with Gasteiger partial charge in [-0.15, -0.1) is 11.8 Å². The van der Waals surface area contributed by atoms with Gasteiger partial charge in [0.15, 0.2) is 0 Å². The predicted octanol–water partition coefficient (Wildman–Crippen LogP) is 3.04. The molecule has 0 saturated carbocycles. The van der Waals surface area contributed by atoms with Crippen LogP contribution < -0.4 is 10.6 Å². The third kappa shape index (κ3) is 7.55. The number of amides is 2. The lowest BCUT2D eigenvalue weighted by Gasteiger charge is -2.20. The fourth-order valence-corrected chi connectivity index (χ4v) is 2.30. The Labute approximate surface area is 132 Å². The molecule has 2 N–H and O–H groups in total. The third-order valence-electron chi connectivity index (χ3n) is 2.11. The number of carbonyl (C=O) groups excluding carboxylic acids is 2. The molecule has 0 saturated heterocycles. The molecule has 0 bridgehead atoms. The van der Waals surface area contributed by atoms with Crippen LogP contribution in [0.25, 0.3) is 0 Å². The smallest absolute Gasteiger partial charge is 0.234 e. The molecular formula is C14H19BrN2O2S. The summed E-state index contributed by atoms with van der Waals surface area (Å²) in [7, 11) is 0. The highest BCUT2D eigenvalue weighted by atomic mass is 79.9. The third-order valence-corrected chi connectivity index (χ3v) is 3.57. The van der Waals surface area contributed by atoms with Crippen LogP contribution in [0.5, 0.6) is 0 Å². The summed E-state index contributed by atoms with van der Waals surface area (Å²) in [4.78, 5) is 23.3. The number of nitrogens with one attached hydrogen (secondary N) is 2. The van der Waals surface area contributed by atoms with Crippen molar-refractivity contribution in [2.45, 2.75) is 26.3 Å². The molecule has 0 radical (unpaired) electrons. The second-order valence-electron chi connectivity index (χ2n) is 5.35. The maximum Gasteiger partial charge on any atom is 0.234 e. The van der Waals surface area contributed by atoms with E-state index < -0.39 is 0 Å². The van der Waals surface area contributed by atoms with E-state index in [0.717, 1.165) is 10.2 Å². The Morgan fingerprint density at radius 2 is 1.65 bits per heavy atom. The average Bonchev–Trinajstić information content (AvgIpc) is 2.29. The molecule has 0 aliphatic rings. The SMILES string of the molecule is CC(C)(C)NC(=O)CSCC(=O)Nc1ccc(Br)cc1. The Bertz CT molecular complexity index is 469. The lowest BCUT2D eigenvalue weighted by molar-refractivity contribution is -0.119. The number of hydrogen-bond acceptors (Lipinski definition) is 3. The molecule has 20 heavy (non-hydrogen) atoms. The minimum absolute atomic E-state index is 0.0565. The Morgan fingerprint density at radius 3 is 2.20 bits per heavy atom. The number of carbonyl (C=O) groups is 2. The highest BCUT2D eigenvalue weighted by molar-refractivity contribution is 9.10. The maximum atomic E-state index is 11.7. The van der Waals surface area contributed by atoms with Crippen LogP contribution in [0.15, 0.2) is 28.7 Å². The molecule has 1 rings (SSSR count). The van der Waals surface area contributed by atoms with Crippen LogP contribution in [0.4, 0.5) is 5.69 Å². The van der Waals surface area contributed by atoms with E-state index in [9.17, 15) is 9.59 Å². The first kappa shape index (κ1) is 17.0. The zero-order valence-electron chi connectivity index (χ0n) is 11.8. The van der Waals surface area contributed by atoms with Gasteiger partial charge in [-0.3, -0.25) is 9.59 Å². The zero-order chi connectivity index (χ0) is 15.2. The van der Waals surface area contributed by atoms with E-state index in [1.807, 2.05) is 45.0 Å². The molecule has 110 valence electrons. The molecule has 4 nitrogen and oxygen atoms in total. The van der Waals surface area contributed by atoms with Crippen LogP contribution in [0.2, 0.25) is 0 Å². The maximum absolute atomic E-state index is 11.7. The first-order valence-corrected chi connectivity index (χ1v) is 8.15. The van der Waals surface area contributed by atoms with Gasteiger partial charge in [0.05, 0.1) is 11.5 Å². The highest BCUT2D eigenvalue weighted by Crippen LogP contribution is 2.14. The number of benzene rings is 1. The normalized spacial score (nSPS) is 11.0. The fourth-order valence-electron chi connectivity index (χ4n) is 1.42.